The molecule has 1 aromatic carbocycles. The summed E-state index contributed by atoms with van der Waals surface area (Å²) < 4.78 is 21.3. The maximum absolute atomic E-state index is 10.7. The Morgan fingerprint density at radius 2 is 2.14 bits per heavy atom. The van der Waals surface area contributed by atoms with Crippen LogP contribution in [0, 0.1) is 0 Å². The first-order valence-electron chi connectivity index (χ1n) is 3.43. The number of benzene rings is 1. The van der Waals surface area contributed by atoms with E-state index in [9.17, 15) is 8.76 Å². The second-order valence-electron chi connectivity index (χ2n) is 2.23. The van der Waals surface area contributed by atoms with Crippen LogP contribution in [0.1, 0.15) is 5.56 Å². The van der Waals surface area contributed by atoms with E-state index in [1.165, 1.54) is 6.07 Å². The summed E-state index contributed by atoms with van der Waals surface area (Å²) >= 11 is -2.28. The Bertz CT molecular complexity index is 379. The van der Waals surface area contributed by atoms with Crippen molar-refractivity contribution >= 4 is 11.1 Å². The molecule has 0 spiro atoms. The van der Waals surface area contributed by atoms with Gasteiger partial charge in [-0.15, -0.1) is 0 Å². The predicted molar refractivity (Wildman–Crippen MR) is 46.5 cm³/mol. The number of hydrogen-bond acceptors (Lipinski definition) is 3. The summed E-state index contributed by atoms with van der Waals surface area (Å²) in [6.07, 6.45) is 0. The normalized spacial score (nSPS) is 10.9. The minimum absolute atomic E-state index is 0. The largest absolute Gasteiger partial charge is 1.00 e. The van der Waals surface area contributed by atoms with Gasteiger partial charge in [0.2, 0.25) is 0 Å². The van der Waals surface area contributed by atoms with Gasteiger partial charge < -0.3 is 4.55 Å². The van der Waals surface area contributed by atoms with Gasteiger partial charge in [0.25, 0.3) is 0 Å². The molecule has 0 aliphatic carbocycles. The molecule has 0 fully saturated rings. The maximum atomic E-state index is 10.7. The van der Waals surface area contributed by atoms with Crippen molar-refractivity contribution < 1.29 is 38.3 Å². The van der Waals surface area contributed by atoms with Crippen LogP contribution in [0.2, 0.25) is 0 Å². The number of nitrogens with zero attached hydrogens (tertiary/aromatic N) is 3. The second-order valence-corrected chi connectivity index (χ2v) is 3.14. The van der Waals surface area contributed by atoms with E-state index in [4.69, 9.17) is 5.53 Å². The zero-order chi connectivity index (χ0) is 9.68. The van der Waals surface area contributed by atoms with Crippen LogP contribution in [0.5, 0.6) is 0 Å². The first-order chi connectivity index (χ1) is 6.25. The molecule has 14 heavy (non-hydrogen) atoms. The monoisotopic (exact) mass is 219 g/mol. The van der Waals surface area contributed by atoms with Crippen molar-refractivity contribution in [3.63, 3.8) is 0 Å². The molecule has 0 bridgehead atoms. The van der Waals surface area contributed by atoms with Crippen LogP contribution in [-0.2, 0) is 17.6 Å². The third-order valence-electron chi connectivity index (χ3n) is 1.46. The number of rotatable bonds is 3. The Hall–Kier alpha value is -0.360. The average Bonchev–Trinajstić information content (AvgIpc) is 2.15. The summed E-state index contributed by atoms with van der Waals surface area (Å²) in [7, 11) is 0. The fourth-order valence-electron chi connectivity index (χ4n) is 0.905. The van der Waals surface area contributed by atoms with Gasteiger partial charge in [0.05, 0.1) is 6.54 Å². The average molecular weight is 219 g/mol. The van der Waals surface area contributed by atoms with Crippen LogP contribution < -0.4 is 29.6 Å². The Morgan fingerprint density at radius 3 is 2.71 bits per heavy atom. The molecule has 0 saturated heterocycles. The van der Waals surface area contributed by atoms with Crippen molar-refractivity contribution in [2.24, 2.45) is 5.11 Å². The van der Waals surface area contributed by atoms with Gasteiger partial charge in [-0.05, 0) is 28.2 Å². The van der Waals surface area contributed by atoms with Gasteiger partial charge in [0.15, 0.2) is 0 Å². The summed E-state index contributed by atoms with van der Waals surface area (Å²) in [6.45, 7) is 0.0562. The van der Waals surface area contributed by atoms with Crippen molar-refractivity contribution in [3.05, 3.63) is 40.3 Å². The summed E-state index contributed by atoms with van der Waals surface area (Å²) in [4.78, 5) is 2.73. The molecule has 1 aromatic rings. The number of hydrogen-bond donors (Lipinski definition) is 0. The molecular formula is C7H6N3NaO2S. The van der Waals surface area contributed by atoms with E-state index in [2.05, 4.69) is 10.0 Å². The van der Waals surface area contributed by atoms with Gasteiger partial charge in [0.1, 0.15) is 0 Å². The van der Waals surface area contributed by atoms with Crippen LogP contribution in [0.4, 0.5) is 0 Å². The molecule has 0 aliphatic rings. The van der Waals surface area contributed by atoms with E-state index < -0.39 is 11.1 Å². The molecular weight excluding hydrogens is 213 g/mol. The topological polar surface area (TPSA) is 88.9 Å². The van der Waals surface area contributed by atoms with E-state index in [-0.39, 0.29) is 41.0 Å². The molecule has 1 atom stereocenters. The Labute approximate surface area is 106 Å². The summed E-state index contributed by atoms with van der Waals surface area (Å²) in [6, 6.07) is 6.38. The summed E-state index contributed by atoms with van der Waals surface area (Å²) in [5, 5.41) is 3.29. The van der Waals surface area contributed by atoms with Crippen LogP contribution in [0.15, 0.2) is 34.3 Å². The van der Waals surface area contributed by atoms with E-state index in [1.54, 1.807) is 18.2 Å². The minimum atomic E-state index is -2.28. The van der Waals surface area contributed by atoms with Crippen molar-refractivity contribution in [1.82, 2.24) is 0 Å². The third kappa shape index (κ3) is 3.79. The SMILES string of the molecule is [N-]=[N+]=NCc1ccccc1S(=O)[O-].[Na+]. The predicted octanol–water partition coefficient (Wildman–Crippen LogP) is -1.26. The van der Waals surface area contributed by atoms with E-state index >= 15 is 0 Å². The fraction of sp³-hybridized carbons (Fsp3) is 0.143. The molecule has 0 radical (unpaired) electrons. The zero-order valence-electron chi connectivity index (χ0n) is 7.58. The molecule has 0 heterocycles. The molecule has 1 rings (SSSR count). The fourth-order valence-corrected chi connectivity index (χ4v) is 1.44. The van der Waals surface area contributed by atoms with Gasteiger partial charge in [0, 0.05) is 9.81 Å². The minimum Gasteiger partial charge on any atom is -0.768 e. The van der Waals surface area contributed by atoms with Crippen LogP contribution in [0.3, 0.4) is 0 Å². The Balaban J connectivity index is 0.00000169. The molecule has 0 aliphatic heterocycles. The van der Waals surface area contributed by atoms with Gasteiger partial charge in [-0.2, -0.15) is 0 Å². The van der Waals surface area contributed by atoms with Crippen LogP contribution >= 0.6 is 0 Å². The summed E-state index contributed by atoms with van der Waals surface area (Å²) in [5.74, 6) is 0. The maximum Gasteiger partial charge on any atom is 1.00 e. The third-order valence-corrected chi connectivity index (χ3v) is 2.21. The first kappa shape index (κ1) is 13.6. The Kier molecular flexibility index (Phi) is 6.82. The van der Waals surface area contributed by atoms with Crippen molar-refractivity contribution in [3.8, 4) is 0 Å². The quantitative estimate of drug-likeness (QED) is 0.209. The number of azide groups is 1. The van der Waals surface area contributed by atoms with Crippen LogP contribution in [-0.4, -0.2) is 8.76 Å². The van der Waals surface area contributed by atoms with Crippen molar-refractivity contribution in [2.45, 2.75) is 11.4 Å². The molecule has 1 unspecified atom stereocenters. The summed E-state index contributed by atoms with van der Waals surface area (Å²) in [5.41, 5.74) is 8.57. The molecule has 0 aromatic heterocycles. The van der Waals surface area contributed by atoms with E-state index in [0.29, 0.717) is 5.56 Å². The van der Waals surface area contributed by atoms with Gasteiger partial charge in [-0.3, -0.25) is 4.21 Å². The van der Waals surface area contributed by atoms with Crippen molar-refractivity contribution in [2.75, 3.05) is 0 Å². The zero-order valence-corrected chi connectivity index (χ0v) is 10.4. The smallest absolute Gasteiger partial charge is 0.768 e. The molecule has 0 N–H and O–H groups in total. The Morgan fingerprint density at radius 1 is 1.50 bits per heavy atom. The van der Waals surface area contributed by atoms with Gasteiger partial charge in [-0.1, -0.05) is 23.3 Å². The molecule has 0 amide bonds. The standard InChI is InChI=1S/C7H7N3O2S.Na/c8-10-9-5-6-3-1-2-4-7(6)13(11)12;/h1-4H,5H2,(H,11,12);/q;+1/p-1. The second kappa shape index (κ2) is 7.00. The molecule has 68 valence electrons. The van der Waals surface area contributed by atoms with Crippen LogP contribution in [0.25, 0.3) is 10.4 Å². The molecule has 0 saturated carbocycles. The van der Waals surface area contributed by atoms with Gasteiger partial charge >= 0.3 is 29.6 Å². The van der Waals surface area contributed by atoms with Gasteiger partial charge in [-0.25, -0.2) is 0 Å². The molecule has 7 heteroatoms. The van der Waals surface area contributed by atoms with E-state index in [1.807, 2.05) is 0 Å². The van der Waals surface area contributed by atoms with Crippen molar-refractivity contribution in [1.29, 1.82) is 0 Å². The van der Waals surface area contributed by atoms with E-state index in [0.717, 1.165) is 0 Å². The first-order valence-corrected chi connectivity index (χ1v) is 4.51. The molecule has 5 nitrogen and oxygen atoms in total.